The Morgan fingerprint density at radius 2 is 1.45 bits per heavy atom. The first kappa shape index (κ1) is 22.8. The van der Waals surface area contributed by atoms with Gasteiger partial charge in [-0.25, -0.2) is 0 Å². The maximum Gasteiger partial charge on any atom is 0.242 e. The van der Waals surface area contributed by atoms with Gasteiger partial charge in [-0.1, -0.05) is 67.6 Å². The molecule has 0 bridgehead atoms. The Kier molecular flexibility index (Phi) is 8.42. The van der Waals surface area contributed by atoms with E-state index in [4.69, 9.17) is 0 Å². The van der Waals surface area contributed by atoms with E-state index in [-0.39, 0.29) is 18.4 Å². The molecule has 0 aliphatic rings. The zero-order valence-electron chi connectivity index (χ0n) is 18.3. The first-order valence-electron chi connectivity index (χ1n) is 10.7. The van der Waals surface area contributed by atoms with Crippen molar-refractivity contribution in [1.82, 2.24) is 9.80 Å². The molecule has 0 radical (unpaired) electrons. The summed E-state index contributed by atoms with van der Waals surface area (Å²) in [7, 11) is 0. The SMILES string of the molecule is CCCN(CC(=O)N(Cc1ccccc1)Cc1sccc1C)C(=O)Cc1ccccc1. The predicted octanol–water partition coefficient (Wildman–Crippen LogP) is 5.07. The Balaban J connectivity index is 1.74. The second kappa shape index (κ2) is 11.5. The molecule has 0 N–H and O–H groups in total. The summed E-state index contributed by atoms with van der Waals surface area (Å²) < 4.78 is 0. The molecule has 0 spiro atoms. The van der Waals surface area contributed by atoms with Crippen LogP contribution in [-0.2, 0) is 29.1 Å². The van der Waals surface area contributed by atoms with Crippen LogP contribution in [0.15, 0.2) is 72.1 Å². The number of hydrogen-bond donors (Lipinski definition) is 0. The molecule has 3 aromatic rings. The standard InChI is InChI=1S/C26H30N2O2S/c1-3-15-27(25(29)17-22-10-6-4-7-11-22)20-26(30)28(18-23-12-8-5-9-13-23)19-24-21(2)14-16-31-24/h4-14,16H,3,15,17-20H2,1-2H3. The van der Waals surface area contributed by atoms with Crippen LogP contribution in [0.4, 0.5) is 0 Å². The molecule has 0 unspecified atom stereocenters. The molecule has 0 atom stereocenters. The van der Waals surface area contributed by atoms with Crippen LogP contribution >= 0.6 is 11.3 Å². The number of aryl methyl sites for hydroxylation is 1. The molecule has 0 saturated carbocycles. The second-order valence-electron chi connectivity index (χ2n) is 7.74. The number of rotatable bonds is 10. The topological polar surface area (TPSA) is 40.6 Å². The first-order valence-corrected chi connectivity index (χ1v) is 11.6. The summed E-state index contributed by atoms with van der Waals surface area (Å²) in [6, 6.07) is 21.8. The summed E-state index contributed by atoms with van der Waals surface area (Å²) >= 11 is 1.67. The van der Waals surface area contributed by atoms with E-state index in [1.54, 1.807) is 16.2 Å². The number of benzene rings is 2. The molecule has 1 aromatic heterocycles. The molecule has 0 saturated heterocycles. The zero-order valence-corrected chi connectivity index (χ0v) is 19.1. The quantitative estimate of drug-likeness (QED) is 0.447. The van der Waals surface area contributed by atoms with Crippen molar-refractivity contribution in [2.75, 3.05) is 13.1 Å². The van der Waals surface area contributed by atoms with Crippen LogP contribution in [0.2, 0.25) is 0 Å². The Labute approximate surface area is 189 Å². The molecule has 0 aliphatic carbocycles. The van der Waals surface area contributed by atoms with Crippen LogP contribution in [0.3, 0.4) is 0 Å². The fourth-order valence-corrected chi connectivity index (χ4v) is 4.40. The lowest BCUT2D eigenvalue weighted by molar-refractivity contribution is -0.141. The number of carbonyl (C=O) groups is 2. The molecule has 2 amide bonds. The molecule has 162 valence electrons. The molecule has 0 fully saturated rings. The van der Waals surface area contributed by atoms with Gasteiger partial charge in [0.1, 0.15) is 0 Å². The van der Waals surface area contributed by atoms with E-state index in [0.29, 0.717) is 26.1 Å². The van der Waals surface area contributed by atoms with Crippen LogP contribution in [0.5, 0.6) is 0 Å². The third-order valence-electron chi connectivity index (χ3n) is 5.24. The van der Waals surface area contributed by atoms with E-state index in [1.807, 2.05) is 72.5 Å². The third-order valence-corrected chi connectivity index (χ3v) is 6.25. The summed E-state index contributed by atoms with van der Waals surface area (Å²) in [5.41, 5.74) is 3.25. The van der Waals surface area contributed by atoms with Crippen LogP contribution in [-0.4, -0.2) is 34.7 Å². The van der Waals surface area contributed by atoms with E-state index in [9.17, 15) is 9.59 Å². The van der Waals surface area contributed by atoms with Gasteiger partial charge in [-0.05, 0) is 41.5 Å². The Morgan fingerprint density at radius 1 is 0.806 bits per heavy atom. The van der Waals surface area contributed by atoms with Gasteiger partial charge >= 0.3 is 0 Å². The van der Waals surface area contributed by atoms with Crippen molar-refractivity contribution in [3.8, 4) is 0 Å². The Morgan fingerprint density at radius 3 is 2.03 bits per heavy atom. The molecule has 4 nitrogen and oxygen atoms in total. The zero-order chi connectivity index (χ0) is 22.1. The van der Waals surface area contributed by atoms with Gasteiger partial charge in [0, 0.05) is 18.0 Å². The lowest BCUT2D eigenvalue weighted by atomic mass is 10.1. The van der Waals surface area contributed by atoms with Crippen molar-refractivity contribution in [2.24, 2.45) is 0 Å². The maximum absolute atomic E-state index is 13.4. The third kappa shape index (κ3) is 6.79. The number of hydrogen-bond acceptors (Lipinski definition) is 3. The minimum atomic E-state index is -0.0217. The molecule has 1 heterocycles. The number of amides is 2. The van der Waals surface area contributed by atoms with Crippen molar-refractivity contribution in [1.29, 1.82) is 0 Å². The highest BCUT2D eigenvalue weighted by Crippen LogP contribution is 2.20. The normalized spacial score (nSPS) is 10.6. The highest BCUT2D eigenvalue weighted by molar-refractivity contribution is 7.10. The van der Waals surface area contributed by atoms with E-state index < -0.39 is 0 Å². The smallest absolute Gasteiger partial charge is 0.242 e. The van der Waals surface area contributed by atoms with Crippen LogP contribution < -0.4 is 0 Å². The molecular formula is C26H30N2O2S. The van der Waals surface area contributed by atoms with Gasteiger partial charge in [-0.2, -0.15) is 0 Å². The summed E-state index contributed by atoms with van der Waals surface area (Å²) in [6.45, 7) is 5.88. The van der Waals surface area contributed by atoms with Crippen LogP contribution in [0, 0.1) is 6.92 Å². The Bertz CT molecular complexity index is 969. The van der Waals surface area contributed by atoms with Gasteiger partial charge in [0.15, 0.2) is 0 Å². The van der Waals surface area contributed by atoms with E-state index in [2.05, 4.69) is 18.4 Å². The van der Waals surface area contributed by atoms with Gasteiger partial charge < -0.3 is 9.80 Å². The highest BCUT2D eigenvalue weighted by atomic mass is 32.1. The van der Waals surface area contributed by atoms with Crippen LogP contribution in [0.25, 0.3) is 0 Å². The van der Waals surface area contributed by atoms with Crippen molar-refractivity contribution >= 4 is 23.2 Å². The lowest BCUT2D eigenvalue weighted by Crippen LogP contribution is -2.43. The van der Waals surface area contributed by atoms with Gasteiger partial charge in [-0.3, -0.25) is 9.59 Å². The molecule has 31 heavy (non-hydrogen) atoms. The summed E-state index contributed by atoms with van der Waals surface area (Å²) in [6.07, 6.45) is 1.13. The fourth-order valence-electron chi connectivity index (χ4n) is 3.48. The molecule has 2 aromatic carbocycles. The van der Waals surface area contributed by atoms with Crippen molar-refractivity contribution in [3.05, 3.63) is 93.7 Å². The highest BCUT2D eigenvalue weighted by Gasteiger charge is 2.22. The average molecular weight is 435 g/mol. The number of nitrogens with zero attached hydrogens (tertiary/aromatic N) is 2. The van der Waals surface area contributed by atoms with Gasteiger partial charge in [0.2, 0.25) is 11.8 Å². The van der Waals surface area contributed by atoms with E-state index >= 15 is 0 Å². The van der Waals surface area contributed by atoms with Crippen molar-refractivity contribution in [3.63, 3.8) is 0 Å². The monoisotopic (exact) mass is 434 g/mol. The number of thiophene rings is 1. The van der Waals surface area contributed by atoms with Gasteiger partial charge in [0.25, 0.3) is 0 Å². The van der Waals surface area contributed by atoms with E-state index in [0.717, 1.165) is 17.5 Å². The maximum atomic E-state index is 13.4. The molecule has 0 aliphatic heterocycles. The van der Waals surface area contributed by atoms with Gasteiger partial charge in [-0.15, -0.1) is 11.3 Å². The number of carbonyl (C=O) groups excluding carboxylic acids is 2. The minimum absolute atomic E-state index is 0.00614. The molecule has 3 rings (SSSR count). The fraction of sp³-hybridized carbons (Fsp3) is 0.308. The first-order chi connectivity index (χ1) is 15.1. The predicted molar refractivity (Wildman–Crippen MR) is 127 cm³/mol. The van der Waals surface area contributed by atoms with Gasteiger partial charge in [0.05, 0.1) is 19.5 Å². The minimum Gasteiger partial charge on any atom is -0.333 e. The Hall–Kier alpha value is -2.92. The lowest BCUT2D eigenvalue weighted by Gasteiger charge is -2.28. The average Bonchev–Trinajstić information content (AvgIpc) is 3.18. The summed E-state index contributed by atoms with van der Waals surface area (Å²) in [5, 5.41) is 2.06. The molecular weight excluding hydrogens is 404 g/mol. The second-order valence-corrected chi connectivity index (χ2v) is 8.74. The summed E-state index contributed by atoms with van der Waals surface area (Å²) in [4.78, 5) is 31.1. The van der Waals surface area contributed by atoms with Crippen molar-refractivity contribution < 1.29 is 9.59 Å². The largest absolute Gasteiger partial charge is 0.333 e. The molecule has 5 heteroatoms. The van der Waals surface area contributed by atoms with Crippen LogP contribution in [0.1, 0.15) is 34.9 Å². The summed E-state index contributed by atoms with van der Waals surface area (Å²) in [5.74, 6) is -0.0279. The van der Waals surface area contributed by atoms with E-state index in [1.165, 1.54) is 10.4 Å². The van der Waals surface area contributed by atoms with Crippen molar-refractivity contribution in [2.45, 2.75) is 39.8 Å².